The highest BCUT2D eigenvalue weighted by atomic mass is 19.1. The summed E-state index contributed by atoms with van der Waals surface area (Å²) in [7, 11) is 1.81. The van der Waals surface area contributed by atoms with Crippen molar-refractivity contribution in [2.75, 3.05) is 18.4 Å². The van der Waals surface area contributed by atoms with E-state index in [2.05, 4.69) is 15.4 Å². The molecule has 2 amide bonds. The van der Waals surface area contributed by atoms with Gasteiger partial charge in [-0.3, -0.25) is 14.3 Å². The second-order valence-electron chi connectivity index (χ2n) is 7.35. The van der Waals surface area contributed by atoms with Crippen molar-refractivity contribution in [1.29, 1.82) is 0 Å². The van der Waals surface area contributed by atoms with Crippen LogP contribution in [0.1, 0.15) is 17.0 Å². The lowest BCUT2D eigenvalue weighted by Crippen LogP contribution is -2.54. The Balaban J connectivity index is 1.38. The molecule has 0 radical (unpaired) electrons. The van der Waals surface area contributed by atoms with E-state index in [0.29, 0.717) is 18.8 Å². The molecule has 3 heterocycles. The Labute approximate surface area is 161 Å². The lowest BCUT2D eigenvalue weighted by atomic mass is 9.97. The molecule has 8 heteroatoms. The highest BCUT2D eigenvalue weighted by Gasteiger charge is 2.36. The Bertz CT molecular complexity index is 1080. The zero-order chi connectivity index (χ0) is 20.0. The molecule has 3 aromatic rings. The van der Waals surface area contributed by atoms with Crippen LogP contribution in [0.15, 0.2) is 24.4 Å². The second-order valence-corrected chi connectivity index (χ2v) is 7.35. The Hall–Kier alpha value is -3.16. The number of hydrogen-bond donors (Lipinski definition) is 2. The molecule has 1 aliphatic heterocycles. The van der Waals surface area contributed by atoms with E-state index in [1.54, 1.807) is 21.8 Å². The number of carbonyl (C=O) groups excluding carboxylic acids is 2. The molecule has 7 nitrogen and oxygen atoms in total. The third-order valence-electron chi connectivity index (χ3n) is 5.51. The lowest BCUT2D eigenvalue weighted by molar-refractivity contribution is -0.140. The van der Waals surface area contributed by atoms with Crippen LogP contribution in [0.25, 0.3) is 10.9 Å². The van der Waals surface area contributed by atoms with Crippen LogP contribution in [0.2, 0.25) is 0 Å². The van der Waals surface area contributed by atoms with Gasteiger partial charge in [0.25, 0.3) is 0 Å². The third-order valence-corrected chi connectivity index (χ3v) is 5.51. The normalized spacial score (nSPS) is 14.4. The zero-order valence-electron chi connectivity index (χ0n) is 16.0. The molecule has 2 N–H and O–H groups in total. The number of nitrogens with zero attached hydrogens (tertiary/aromatic N) is 3. The summed E-state index contributed by atoms with van der Waals surface area (Å²) in [6, 6.07) is 4.52. The van der Waals surface area contributed by atoms with Crippen LogP contribution >= 0.6 is 0 Å². The molecule has 146 valence electrons. The zero-order valence-corrected chi connectivity index (χ0v) is 16.0. The number of aromatic nitrogens is 3. The molecule has 1 saturated heterocycles. The second kappa shape index (κ2) is 6.78. The molecule has 0 spiro atoms. The summed E-state index contributed by atoms with van der Waals surface area (Å²) in [5, 5.41) is 7.70. The van der Waals surface area contributed by atoms with Crippen LogP contribution in [0.3, 0.4) is 0 Å². The van der Waals surface area contributed by atoms with Crippen LogP contribution in [0, 0.1) is 25.6 Å². The van der Waals surface area contributed by atoms with Gasteiger partial charge in [0.2, 0.25) is 11.8 Å². The number of aryl methyl sites for hydroxylation is 2. The molecule has 4 rings (SSSR count). The third kappa shape index (κ3) is 3.15. The van der Waals surface area contributed by atoms with Crippen LogP contribution in [0.5, 0.6) is 0 Å². The molecule has 0 atom stereocenters. The number of likely N-dealkylation sites (tertiary alicyclic amines) is 1. The van der Waals surface area contributed by atoms with E-state index in [1.165, 1.54) is 12.1 Å². The number of fused-ring (bicyclic) bond motifs is 1. The topological polar surface area (TPSA) is 83.0 Å². The van der Waals surface area contributed by atoms with Crippen molar-refractivity contribution in [3.05, 3.63) is 47.2 Å². The van der Waals surface area contributed by atoms with Crippen molar-refractivity contribution in [1.82, 2.24) is 19.7 Å². The molecule has 0 saturated carbocycles. The van der Waals surface area contributed by atoms with Crippen LogP contribution in [-0.4, -0.2) is 44.6 Å². The molecule has 1 aliphatic rings. The van der Waals surface area contributed by atoms with Gasteiger partial charge in [-0.05, 0) is 37.6 Å². The van der Waals surface area contributed by atoms with Gasteiger partial charge in [-0.1, -0.05) is 0 Å². The molecule has 0 unspecified atom stereocenters. The van der Waals surface area contributed by atoms with Crippen molar-refractivity contribution in [3.8, 4) is 0 Å². The first-order chi connectivity index (χ1) is 13.3. The molecule has 1 fully saturated rings. The number of H-pyrrole nitrogens is 1. The molecular weight excluding hydrogens is 361 g/mol. The number of benzene rings is 1. The van der Waals surface area contributed by atoms with Crippen molar-refractivity contribution >= 4 is 28.4 Å². The summed E-state index contributed by atoms with van der Waals surface area (Å²) in [5.74, 6) is -0.725. The van der Waals surface area contributed by atoms with E-state index in [1.807, 2.05) is 20.9 Å². The van der Waals surface area contributed by atoms with Gasteiger partial charge in [-0.15, -0.1) is 0 Å². The van der Waals surface area contributed by atoms with Gasteiger partial charge >= 0.3 is 0 Å². The number of halogens is 1. The summed E-state index contributed by atoms with van der Waals surface area (Å²) in [6.07, 6.45) is 1.80. The Morgan fingerprint density at radius 3 is 2.75 bits per heavy atom. The minimum atomic E-state index is -0.327. The molecule has 2 aromatic heterocycles. The van der Waals surface area contributed by atoms with Crippen molar-refractivity contribution in [2.45, 2.75) is 20.3 Å². The standard InChI is InChI=1S/C20H22FN5O2/c1-11-15(16-6-14(21)4-5-17(16)23-11)7-19(27)26-9-13(10-26)20(28)24-18-8-22-25(3)12(18)2/h4-6,8,13,23H,7,9-10H2,1-3H3,(H,24,28). The molecular formula is C20H22FN5O2. The van der Waals surface area contributed by atoms with E-state index in [0.717, 1.165) is 27.9 Å². The summed E-state index contributed by atoms with van der Waals surface area (Å²) < 4.78 is 15.3. The summed E-state index contributed by atoms with van der Waals surface area (Å²) in [5.41, 5.74) is 4.04. The Kier molecular flexibility index (Phi) is 4.41. The minimum absolute atomic E-state index is 0.0603. The maximum absolute atomic E-state index is 13.6. The highest BCUT2D eigenvalue weighted by Crippen LogP contribution is 2.26. The van der Waals surface area contributed by atoms with Crippen molar-refractivity contribution in [3.63, 3.8) is 0 Å². The largest absolute Gasteiger partial charge is 0.358 e. The number of hydrogen-bond acceptors (Lipinski definition) is 3. The smallest absolute Gasteiger partial charge is 0.231 e. The van der Waals surface area contributed by atoms with E-state index in [-0.39, 0.29) is 30.0 Å². The van der Waals surface area contributed by atoms with Gasteiger partial charge in [0, 0.05) is 36.7 Å². The number of aromatic amines is 1. The predicted molar refractivity (Wildman–Crippen MR) is 103 cm³/mol. The number of rotatable bonds is 4. The predicted octanol–water partition coefficient (Wildman–Crippen LogP) is 2.30. The summed E-state index contributed by atoms with van der Waals surface area (Å²) >= 11 is 0. The maximum Gasteiger partial charge on any atom is 0.231 e. The van der Waals surface area contributed by atoms with Crippen LogP contribution in [0.4, 0.5) is 10.1 Å². The first-order valence-electron chi connectivity index (χ1n) is 9.17. The van der Waals surface area contributed by atoms with Crippen molar-refractivity contribution in [2.24, 2.45) is 13.0 Å². The minimum Gasteiger partial charge on any atom is -0.358 e. The fraction of sp³-hybridized carbons (Fsp3) is 0.350. The lowest BCUT2D eigenvalue weighted by Gasteiger charge is -2.38. The van der Waals surface area contributed by atoms with E-state index >= 15 is 0 Å². The average Bonchev–Trinajstić information content (AvgIpc) is 3.07. The van der Waals surface area contributed by atoms with Gasteiger partial charge in [-0.2, -0.15) is 5.10 Å². The molecule has 0 bridgehead atoms. The van der Waals surface area contributed by atoms with Gasteiger partial charge in [0.15, 0.2) is 0 Å². The SMILES string of the molecule is Cc1[nH]c2ccc(F)cc2c1CC(=O)N1CC(C(=O)Nc2cnn(C)c2C)C1. The van der Waals surface area contributed by atoms with Gasteiger partial charge in [-0.25, -0.2) is 4.39 Å². The average molecular weight is 383 g/mol. The Morgan fingerprint density at radius 2 is 2.07 bits per heavy atom. The summed E-state index contributed by atoms with van der Waals surface area (Å²) in [6.45, 7) is 4.54. The quantitative estimate of drug-likeness (QED) is 0.725. The highest BCUT2D eigenvalue weighted by molar-refractivity contribution is 5.96. The van der Waals surface area contributed by atoms with Gasteiger partial charge < -0.3 is 15.2 Å². The van der Waals surface area contributed by atoms with Crippen molar-refractivity contribution < 1.29 is 14.0 Å². The van der Waals surface area contributed by atoms with Crippen LogP contribution < -0.4 is 5.32 Å². The van der Waals surface area contributed by atoms with Gasteiger partial charge in [0.1, 0.15) is 5.82 Å². The van der Waals surface area contributed by atoms with Crippen LogP contribution in [-0.2, 0) is 23.1 Å². The first kappa shape index (κ1) is 18.2. The fourth-order valence-electron chi connectivity index (χ4n) is 3.55. The molecule has 28 heavy (non-hydrogen) atoms. The maximum atomic E-state index is 13.6. The number of nitrogens with one attached hydrogen (secondary N) is 2. The first-order valence-corrected chi connectivity index (χ1v) is 9.17. The molecule has 1 aromatic carbocycles. The van der Waals surface area contributed by atoms with E-state index < -0.39 is 0 Å². The van der Waals surface area contributed by atoms with E-state index in [4.69, 9.17) is 0 Å². The fourth-order valence-corrected chi connectivity index (χ4v) is 3.55. The van der Waals surface area contributed by atoms with E-state index in [9.17, 15) is 14.0 Å². The monoisotopic (exact) mass is 383 g/mol. The summed E-state index contributed by atoms with van der Waals surface area (Å²) in [4.78, 5) is 29.9. The number of carbonyl (C=O) groups is 2. The number of anilines is 1. The Morgan fingerprint density at radius 1 is 1.32 bits per heavy atom. The van der Waals surface area contributed by atoms with Gasteiger partial charge in [0.05, 0.1) is 29.9 Å². The molecule has 0 aliphatic carbocycles. The number of amides is 2.